The van der Waals surface area contributed by atoms with Crippen LogP contribution < -0.4 is 16.0 Å². The monoisotopic (exact) mass is 579 g/mol. The largest absolute Gasteiger partial charge is 0.321 e. The molecule has 8 nitrogen and oxygen atoms in total. The number of hydrogen-bond donors (Lipinski definition) is 3. The molecule has 0 atom stereocenters. The Balaban J connectivity index is 1.19. The van der Waals surface area contributed by atoms with Crippen molar-refractivity contribution in [3.8, 4) is 0 Å². The van der Waals surface area contributed by atoms with Gasteiger partial charge in [0.1, 0.15) is 5.70 Å². The third kappa shape index (κ3) is 7.65. The SMILES string of the molecule is Cc1ccc2nc(NC(=O)CSc3ccc(NC(=O)/C(=C/c4cccnc4)NC(=O)c4ccccc4)cc3)sc2c1. The summed E-state index contributed by atoms with van der Waals surface area (Å²) in [5.74, 6) is -0.821. The van der Waals surface area contributed by atoms with Gasteiger partial charge in [0.05, 0.1) is 16.0 Å². The predicted molar refractivity (Wildman–Crippen MR) is 165 cm³/mol. The number of thioether (sulfide) groups is 1. The van der Waals surface area contributed by atoms with Crippen molar-refractivity contribution >= 4 is 67.9 Å². The smallest absolute Gasteiger partial charge is 0.272 e. The van der Waals surface area contributed by atoms with E-state index >= 15 is 0 Å². The van der Waals surface area contributed by atoms with E-state index in [0.717, 1.165) is 20.7 Å². The van der Waals surface area contributed by atoms with Gasteiger partial charge in [0.25, 0.3) is 11.8 Å². The van der Waals surface area contributed by atoms with Gasteiger partial charge in [0.2, 0.25) is 5.91 Å². The van der Waals surface area contributed by atoms with Gasteiger partial charge < -0.3 is 16.0 Å². The summed E-state index contributed by atoms with van der Waals surface area (Å²) in [5.41, 5.74) is 3.72. The second kappa shape index (κ2) is 13.0. The summed E-state index contributed by atoms with van der Waals surface area (Å²) in [4.78, 5) is 47.8. The van der Waals surface area contributed by atoms with Gasteiger partial charge >= 0.3 is 0 Å². The Bertz CT molecular complexity index is 1720. The van der Waals surface area contributed by atoms with Crippen LogP contribution in [0.25, 0.3) is 16.3 Å². The molecule has 5 rings (SSSR count). The number of thiazole rings is 1. The Morgan fingerprint density at radius 2 is 1.73 bits per heavy atom. The zero-order chi connectivity index (χ0) is 28.6. The fraction of sp³-hybridized carbons (Fsp3) is 0.0645. The van der Waals surface area contributed by atoms with Crippen molar-refractivity contribution in [2.24, 2.45) is 0 Å². The van der Waals surface area contributed by atoms with Gasteiger partial charge in [-0.25, -0.2) is 4.98 Å². The summed E-state index contributed by atoms with van der Waals surface area (Å²) in [6.45, 7) is 2.02. The van der Waals surface area contributed by atoms with Crippen LogP contribution in [-0.2, 0) is 9.59 Å². The third-order valence-electron chi connectivity index (χ3n) is 5.80. The molecule has 0 aliphatic heterocycles. The Morgan fingerprint density at radius 3 is 2.49 bits per heavy atom. The first-order valence-corrected chi connectivity index (χ1v) is 14.4. The van der Waals surface area contributed by atoms with E-state index in [1.807, 2.05) is 43.3 Å². The number of amides is 3. The summed E-state index contributed by atoms with van der Waals surface area (Å²) >= 11 is 2.82. The van der Waals surface area contributed by atoms with E-state index < -0.39 is 11.8 Å². The second-order valence-electron chi connectivity index (χ2n) is 8.97. The molecule has 0 aliphatic carbocycles. The van der Waals surface area contributed by atoms with Gasteiger partial charge in [0, 0.05) is 28.5 Å². The lowest BCUT2D eigenvalue weighted by atomic mass is 10.2. The van der Waals surface area contributed by atoms with Crippen LogP contribution in [0.3, 0.4) is 0 Å². The van der Waals surface area contributed by atoms with Crippen LogP contribution in [0.15, 0.2) is 108 Å². The minimum Gasteiger partial charge on any atom is -0.321 e. The Hall–Kier alpha value is -4.80. The van der Waals surface area contributed by atoms with Crippen LogP contribution in [0.1, 0.15) is 21.5 Å². The number of aromatic nitrogens is 2. The normalized spacial score (nSPS) is 11.2. The van der Waals surface area contributed by atoms with Gasteiger partial charge in [-0.05, 0) is 78.7 Å². The van der Waals surface area contributed by atoms with E-state index in [1.54, 1.807) is 67.0 Å². The highest BCUT2D eigenvalue weighted by molar-refractivity contribution is 8.00. The lowest BCUT2D eigenvalue weighted by Crippen LogP contribution is -2.30. The number of nitrogens with zero attached hydrogens (tertiary/aromatic N) is 2. The maximum absolute atomic E-state index is 13.2. The molecule has 0 aliphatic rings. The molecule has 0 radical (unpaired) electrons. The summed E-state index contributed by atoms with van der Waals surface area (Å²) in [5, 5.41) is 8.97. The van der Waals surface area contributed by atoms with Gasteiger partial charge in [0.15, 0.2) is 5.13 Å². The van der Waals surface area contributed by atoms with Crippen LogP contribution in [0.5, 0.6) is 0 Å². The third-order valence-corrected chi connectivity index (χ3v) is 7.74. The predicted octanol–water partition coefficient (Wildman–Crippen LogP) is 6.14. The van der Waals surface area contributed by atoms with Crippen molar-refractivity contribution in [1.29, 1.82) is 0 Å². The maximum Gasteiger partial charge on any atom is 0.272 e. The minimum atomic E-state index is -0.482. The second-order valence-corrected chi connectivity index (χ2v) is 11.0. The Morgan fingerprint density at radius 1 is 0.927 bits per heavy atom. The Labute approximate surface area is 244 Å². The number of benzene rings is 3. The molecule has 0 fully saturated rings. The molecule has 204 valence electrons. The summed E-state index contributed by atoms with van der Waals surface area (Å²) in [7, 11) is 0. The number of nitrogens with one attached hydrogen (secondary N) is 3. The van der Waals surface area contributed by atoms with Crippen molar-refractivity contribution in [1.82, 2.24) is 15.3 Å². The topological polar surface area (TPSA) is 113 Å². The van der Waals surface area contributed by atoms with E-state index in [0.29, 0.717) is 21.9 Å². The van der Waals surface area contributed by atoms with Crippen LogP contribution in [0.2, 0.25) is 0 Å². The molecule has 41 heavy (non-hydrogen) atoms. The minimum absolute atomic E-state index is 0.0759. The zero-order valence-electron chi connectivity index (χ0n) is 22.0. The molecular weight excluding hydrogens is 555 g/mol. The van der Waals surface area contributed by atoms with E-state index in [1.165, 1.54) is 23.1 Å². The van der Waals surface area contributed by atoms with Crippen LogP contribution in [-0.4, -0.2) is 33.4 Å². The molecule has 2 heterocycles. The lowest BCUT2D eigenvalue weighted by Gasteiger charge is -2.12. The number of carbonyl (C=O) groups is 3. The molecule has 0 bridgehead atoms. The number of hydrogen-bond acceptors (Lipinski definition) is 7. The van der Waals surface area contributed by atoms with Crippen molar-refractivity contribution in [2.75, 3.05) is 16.4 Å². The van der Waals surface area contributed by atoms with E-state index in [4.69, 9.17) is 0 Å². The fourth-order valence-corrected chi connectivity index (χ4v) is 5.47. The molecule has 3 aromatic carbocycles. The quantitative estimate of drug-likeness (QED) is 0.143. The van der Waals surface area contributed by atoms with Gasteiger partial charge in [-0.1, -0.05) is 41.7 Å². The average molecular weight is 580 g/mol. The number of anilines is 2. The average Bonchev–Trinajstić information content (AvgIpc) is 3.38. The number of rotatable bonds is 9. The highest BCUT2D eigenvalue weighted by atomic mass is 32.2. The van der Waals surface area contributed by atoms with Gasteiger partial charge in [-0.2, -0.15) is 0 Å². The molecule has 0 spiro atoms. The van der Waals surface area contributed by atoms with Gasteiger partial charge in [-0.3, -0.25) is 19.4 Å². The Kier molecular flexibility index (Phi) is 8.82. The summed E-state index contributed by atoms with van der Waals surface area (Å²) in [6.07, 6.45) is 4.80. The lowest BCUT2D eigenvalue weighted by molar-refractivity contribution is -0.114. The highest BCUT2D eigenvalue weighted by Crippen LogP contribution is 2.27. The first-order valence-electron chi connectivity index (χ1n) is 12.6. The number of fused-ring (bicyclic) bond motifs is 1. The van der Waals surface area contributed by atoms with E-state index in [2.05, 4.69) is 25.9 Å². The van der Waals surface area contributed by atoms with Crippen LogP contribution >= 0.6 is 23.1 Å². The van der Waals surface area contributed by atoms with Crippen molar-refractivity contribution in [2.45, 2.75) is 11.8 Å². The van der Waals surface area contributed by atoms with Crippen molar-refractivity contribution < 1.29 is 14.4 Å². The van der Waals surface area contributed by atoms with E-state index in [9.17, 15) is 14.4 Å². The van der Waals surface area contributed by atoms with Crippen molar-refractivity contribution in [3.63, 3.8) is 0 Å². The molecule has 2 aromatic heterocycles. The molecule has 3 N–H and O–H groups in total. The summed E-state index contributed by atoms with van der Waals surface area (Å²) in [6, 6.07) is 25.3. The van der Waals surface area contributed by atoms with Crippen LogP contribution in [0.4, 0.5) is 10.8 Å². The fourth-order valence-electron chi connectivity index (χ4n) is 3.79. The number of carbonyl (C=O) groups excluding carboxylic acids is 3. The standard InChI is InChI=1S/C31H25N5O3S2/c1-20-9-14-25-27(16-20)41-31(35-25)36-28(37)19-40-24-12-10-23(11-13-24)33-30(39)26(17-21-6-5-15-32-18-21)34-29(38)22-7-3-2-4-8-22/h2-18H,19H2,1H3,(H,33,39)(H,34,38)(H,35,36,37)/b26-17-. The van der Waals surface area contributed by atoms with E-state index in [-0.39, 0.29) is 17.4 Å². The maximum atomic E-state index is 13.2. The highest BCUT2D eigenvalue weighted by Gasteiger charge is 2.15. The van der Waals surface area contributed by atoms with Crippen molar-refractivity contribution in [3.05, 3.63) is 120 Å². The molecule has 0 saturated carbocycles. The first kappa shape index (κ1) is 27.8. The molecule has 0 saturated heterocycles. The number of aryl methyl sites for hydroxylation is 1. The number of pyridine rings is 1. The molecular formula is C31H25N5O3S2. The molecule has 3 amide bonds. The van der Waals surface area contributed by atoms with Crippen LogP contribution in [0, 0.1) is 6.92 Å². The molecule has 10 heteroatoms. The zero-order valence-corrected chi connectivity index (χ0v) is 23.6. The molecule has 0 unspecified atom stereocenters. The molecule has 5 aromatic rings. The summed E-state index contributed by atoms with van der Waals surface area (Å²) < 4.78 is 1.03. The first-order chi connectivity index (χ1) is 19.9. The van der Waals surface area contributed by atoms with Gasteiger partial charge in [-0.15, -0.1) is 11.8 Å².